The fourth-order valence-electron chi connectivity index (χ4n) is 3.32. The van der Waals surface area contributed by atoms with Crippen LogP contribution in [0.2, 0.25) is 5.02 Å². The fraction of sp³-hybridized carbons (Fsp3) is 0.300. The van der Waals surface area contributed by atoms with Gasteiger partial charge in [-0.1, -0.05) is 29.8 Å². The van der Waals surface area contributed by atoms with Gasteiger partial charge in [-0.25, -0.2) is 4.79 Å². The van der Waals surface area contributed by atoms with Gasteiger partial charge in [0.1, 0.15) is 17.8 Å². The Morgan fingerprint density at radius 1 is 1.24 bits per heavy atom. The molecule has 1 aliphatic rings. The molecular formula is C20H20ClN3O5. The maximum atomic E-state index is 13.1. The summed E-state index contributed by atoms with van der Waals surface area (Å²) in [5.41, 5.74) is 0.830. The topological polar surface area (TPSA) is 120 Å². The molecule has 1 fully saturated rings. The van der Waals surface area contributed by atoms with Gasteiger partial charge in [-0.15, -0.1) is 0 Å². The zero-order valence-corrected chi connectivity index (χ0v) is 16.1. The third-order valence-corrected chi connectivity index (χ3v) is 4.91. The van der Waals surface area contributed by atoms with Crippen molar-refractivity contribution < 1.29 is 24.6 Å². The maximum absolute atomic E-state index is 13.1. The molecule has 1 aliphatic heterocycles. The molecule has 0 spiro atoms. The number of amides is 2. The number of carboxylic acid groups (broad SMARTS) is 1. The Morgan fingerprint density at radius 2 is 2.03 bits per heavy atom. The van der Waals surface area contributed by atoms with E-state index in [1.807, 2.05) is 0 Å². The number of aromatic nitrogens is 1. The molecule has 0 aliphatic carbocycles. The summed E-state index contributed by atoms with van der Waals surface area (Å²) >= 11 is 6.02. The Balaban J connectivity index is 1.86. The SMILES string of the molecule is O=C(NC(Cc1cccc(Cl)c1)C(=O)N1C[C@H](O)C[C@H]1C(=O)O)c1ccccn1. The van der Waals surface area contributed by atoms with E-state index in [4.69, 9.17) is 11.6 Å². The zero-order chi connectivity index (χ0) is 21.0. The molecule has 2 heterocycles. The number of rotatable bonds is 6. The molecule has 1 saturated heterocycles. The van der Waals surface area contributed by atoms with Gasteiger partial charge in [0.25, 0.3) is 5.91 Å². The summed E-state index contributed by atoms with van der Waals surface area (Å²) < 4.78 is 0. The van der Waals surface area contributed by atoms with E-state index < -0.39 is 36.0 Å². The second-order valence-corrected chi connectivity index (χ2v) is 7.25. The zero-order valence-electron chi connectivity index (χ0n) is 15.4. The molecule has 8 nitrogen and oxygen atoms in total. The Bertz CT molecular complexity index is 908. The van der Waals surface area contributed by atoms with Gasteiger partial charge in [-0.2, -0.15) is 0 Å². The summed E-state index contributed by atoms with van der Waals surface area (Å²) in [5.74, 6) is -2.34. The Morgan fingerprint density at radius 3 is 2.69 bits per heavy atom. The van der Waals surface area contributed by atoms with Crippen molar-refractivity contribution in [3.8, 4) is 0 Å². The molecule has 29 heavy (non-hydrogen) atoms. The quantitative estimate of drug-likeness (QED) is 0.648. The van der Waals surface area contributed by atoms with E-state index in [9.17, 15) is 24.6 Å². The van der Waals surface area contributed by atoms with E-state index >= 15 is 0 Å². The first kappa shape index (κ1) is 20.8. The van der Waals surface area contributed by atoms with E-state index in [2.05, 4.69) is 10.3 Å². The molecule has 0 saturated carbocycles. The van der Waals surface area contributed by atoms with Gasteiger partial charge in [0.15, 0.2) is 0 Å². The summed E-state index contributed by atoms with van der Waals surface area (Å²) in [4.78, 5) is 42.3. The van der Waals surface area contributed by atoms with Gasteiger partial charge in [-0.3, -0.25) is 14.6 Å². The number of carboxylic acids is 1. The number of halogens is 1. The third kappa shape index (κ3) is 5.10. The molecule has 9 heteroatoms. The molecule has 2 aromatic rings. The Labute approximate surface area is 172 Å². The number of hydrogen-bond donors (Lipinski definition) is 3. The molecule has 3 N–H and O–H groups in total. The van der Waals surface area contributed by atoms with Gasteiger partial charge in [0.2, 0.25) is 5.91 Å². The van der Waals surface area contributed by atoms with Crippen LogP contribution in [0.1, 0.15) is 22.5 Å². The number of nitrogens with zero attached hydrogens (tertiary/aromatic N) is 2. The highest BCUT2D eigenvalue weighted by Gasteiger charge is 2.41. The molecule has 3 rings (SSSR count). The van der Waals surface area contributed by atoms with Crippen molar-refractivity contribution in [3.05, 3.63) is 64.9 Å². The number of nitrogens with one attached hydrogen (secondary N) is 1. The van der Waals surface area contributed by atoms with Gasteiger partial charge in [0.05, 0.1) is 6.10 Å². The van der Waals surface area contributed by atoms with Crippen molar-refractivity contribution in [2.24, 2.45) is 0 Å². The van der Waals surface area contributed by atoms with Crippen LogP contribution in [0.5, 0.6) is 0 Å². The smallest absolute Gasteiger partial charge is 0.326 e. The van der Waals surface area contributed by atoms with E-state index in [0.717, 1.165) is 4.90 Å². The first-order chi connectivity index (χ1) is 13.8. The summed E-state index contributed by atoms with van der Waals surface area (Å²) in [6, 6.07) is 9.46. The van der Waals surface area contributed by atoms with Crippen molar-refractivity contribution in [2.45, 2.75) is 31.0 Å². The van der Waals surface area contributed by atoms with Crippen LogP contribution >= 0.6 is 11.6 Å². The molecule has 0 bridgehead atoms. The van der Waals surface area contributed by atoms with Crippen LogP contribution in [0.15, 0.2) is 48.7 Å². The summed E-state index contributed by atoms with van der Waals surface area (Å²) in [6.07, 6.45) is 0.578. The molecule has 2 amide bonds. The highest BCUT2D eigenvalue weighted by Crippen LogP contribution is 2.21. The highest BCUT2D eigenvalue weighted by atomic mass is 35.5. The summed E-state index contributed by atoms with van der Waals surface area (Å²) in [6.45, 7) is -0.110. The predicted octanol–water partition coefficient (Wildman–Crippen LogP) is 1.12. The van der Waals surface area contributed by atoms with Crippen molar-refractivity contribution in [2.75, 3.05) is 6.54 Å². The molecular weight excluding hydrogens is 398 g/mol. The minimum absolute atomic E-state index is 0.0564. The number of pyridine rings is 1. The molecule has 1 aromatic carbocycles. The minimum Gasteiger partial charge on any atom is -0.480 e. The summed E-state index contributed by atoms with van der Waals surface area (Å²) in [7, 11) is 0. The van der Waals surface area contributed by atoms with Crippen LogP contribution in [0.25, 0.3) is 0 Å². The van der Waals surface area contributed by atoms with Crippen LogP contribution in [-0.2, 0) is 16.0 Å². The highest BCUT2D eigenvalue weighted by molar-refractivity contribution is 6.30. The van der Waals surface area contributed by atoms with Crippen molar-refractivity contribution in [1.82, 2.24) is 15.2 Å². The number of benzene rings is 1. The van der Waals surface area contributed by atoms with E-state index in [1.54, 1.807) is 36.4 Å². The van der Waals surface area contributed by atoms with Gasteiger partial charge >= 0.3 is 5.97 Å². The average Bonchev–Trinajstić information content (AvgIpc) is 3.09. The van der Waals surface area contributed by atoms with Crippen molar-refractivity contribution in [1.29, 1.82) is 0 Å². The number of aliphatic carboxylic acids is 1. The first-order valence-electron chi connectivity index (χ1n) is 9.03. The van der Waals surface area contributed by atoms with E-state index in [0.29, 0.717) is 10.6 Å². The number of β-amino-alcohol motifs (C(OH)–C–C–N with tert-alkyl or cyclic N) is 1. The van der Waals surface area contributed by atoms with Crippen molar-refractivity contribution >= 4 is 29.4 Å². The maximum Gasteiger partial charge on any atom is 0.326 e. The second kappa shape index (κ2) is 9.02. The Hall–Kier alpha value is -2.97. The lowest BCUT2D eigenvalue weighted by atomic mass is 10.0. The van der Waals surface area contributed by atoms with E-state index in [1.165, 1.54) is 12.3 Å². The van der Waals surface area contributed by atoms with Crippen LogP contribution in [0.4, 0.5) is 0 Å². The number of aliphatic hydroxyl groups excluding tert-OH is 1. The number of hydrogen-bond acceptors (Lipinski definition) is 5. The lowest BCUT2D eigenvalue weighted by Gasteiger charge is -2.27. The predicted molar refractivity (Wildman–Crippen MR) is 104 cm³/mol. The lowest BCUT2D eigenvalue weighted by molar-refractivity contribution is -0.148. The van der Waals surface area contributed by atoms with Gasteiger partial charge < -0.3 is 20.4 Å². The molecule has 1 unspecified atom stereocenters. The van der Waals surface area contributed by atoms with Gasteiger partial charge in [0, 0.05) is 30.6 Å². The summed E-state index contributed by atoms with van der Waals surface area (Å²) in [5, 5.41) is 22.4. The van der Waals surface area contributed by atoms with Crippen LogP contribution in [0.3, 0.4) is 0 Å². The van der Waals surface area contributed by atoms with Crippen molar-refractivity contribution in [3.63, 3.8) is 0 Å². The van der Waals surface area contributed by atoms with Crippen LogP contribution in [0, 0.1) is 0 Å². The first-order valence-corrected chi connectivity index (χ1v) is 9.40. The third-order valence-electron chi connectivity index (χ3n) is 4.68. The number of aliphatic hydroxyl groups is 1. The molecule has 0 radical (unpaired) electrons. The van der Waals surface area contributed by atoms with Crippen LogP contribution < -0.4 is 5.32 Å². The Kier molecular flexibility index (Phi) is 6.46. The molecule has 3 atom stereocenters. The molecule has 152 valence electrons. The largest absolute Gasteiger partial charge is 0.480 e. The lowest BCUT2D eigenvalue weighted by Crippen LogP contribution is -2.52. The standard InChI is InChI=1S/C20H20ClN3O5/c21-13-5-3-4-12(8-13)9-16(23-18(26)15-6-1-2-7-22-15)19(27)24-11-14(25)10-17(24)20(28)29/h1-8,14,16-17,25H,9-11H2,(H,23,26)(H,28,29)/t14-,16?,17+/m1/s1. The molecule has 1 aromatic heterocycles. The normalized spacial score (nSPS) is 19.6. The monoisotopic (exact) mass is 417 g/mol. The average molecular weight is 418 g/mol. The number of likely N-dealkylation sites (tertiary alicyclic amines) is 1. The van der Waals surface area contributed by atoms with Crippen LogP contribution in [-0.4, -0.2) is 62.6 Å². The number of carbonyl (C=O) groups is 3. The van der Waals surface area contributed by atoms with E-state index in [-0.39, 0.29) is 25.1 Å². The van der Waals surface area contributed by atoms with Gasteiger partial charge in [-0.05, 0) is 29.8 Å². The number of carbonyl (C=O) groups excluding carboxylic acids is 2. The second-order valence-electron chi connectivity index (χ2n) is 6.81. The fourth-order valence-corrected chi connectivity index (χ4v) is 3.53. The minimum atomic E-state index is -1.20.